The van der Waals surface area contributed by atoms with E-state index in [1.807, 2.05) is 44.2 Å². The van der Waals surface area contributed by atoms with E-state index >= 15 is 0 Å². The predicted molar refractivity (Wildman–Crippen MR) is 97.5 cm³/mol. The van der Waals surface area contributed by atoms with Crippen LogP contribution in [0.4, 0.5) is 5.69 Å². The van der Waals surface area contributed by atoms with Crippen LogP contribution in [0.5, 0.6) is 0 Å². The number of benzene rings is 2. The molecular weight excluding hydrogens is 298 g/mol. The van der Waals surface area contributed by atoms with Crippen LogP contribution in [0, 0.1) is 5.92 Å². The van der Waals surface area contributed by atoms with Gasteiger partial charge in [-0.2, -0.15) is 0 Å². The molecule has 3 rings (SSSR count). The van der Waals surface area contributed by atoms with Crippen molar-refractivity contribution >= 4 is 17.4 Å². The van der Waals surface area contributed by atoms with Crippen LogP contribution in [0.3, 0.4) is 0 Å². The number of hydrogen-bond donors (Lipinski definition) is 0. The Morgan fingerprint density at radius 3 is 2.62 bits per heavy atom. The number of anilines is 1. The summed E-state index contributed by atoms with van der Waals surface area (Å²) < 4.78 is 0. The van der Waals surface area contributed by atoms with Crippen LogP contribution in [0.1, 0.15) is 42.3 Å². The zero-order chi connectivity index (χ0) is 17.4. The molecule has 0 N–H and O–H groups in total. The molecule has 124 valence electrons. The first-order chi connectivity index (χ1) is 11.4. The van der Waals surface area contributed by atoms with Crippen molar-refractivity contribution in [3.05, 3.63) is 53.1 Å². The van der Waals surface area contributed by atoms with Gasteiger partial charge in [0.25, 0.3) is 0 Å². The Balaban J connectivity index is 2.16. The van der Waals surface area contributed by atoms with Gasteiger partial charge in [-0.05, 0) is 40.8 Å². The molecule has 0 saturated heterocycles. The van der Waals surface area contributed by atoms with Gasteiger partial charge in [0.1, 0.15) is 0 Å². The lowest BCUT2D eigenvalue weighted by molar-refractivity contribution is -0.117. The third-order valence-electron chi connectivity index (χ3n) is 4.77. The monoisotopic (exact) mass is 321 g/mol. The maximum atomic E-state index is 12.8. The Morgan fingerprint density at radius 1 is 1.21 bits per heavy atom. The summed E-state index contributed by atoms with van der Waals surface area (Å²) in [6.07, 6.45) is 1.26. The number of hydrogen-bond acceptors (Lipinski definition) is 2. The highest BCUT2D eigenvalue weighted by molar-refractivity contribution is 6.06. The Kier molecular flexibility index (Phi) is 4.27. The Morgan fingerprint density at radius 2 is 1.96 bits per heavy atom. The third-order valence-corrected chi connectivity index (χ3v) is 4.77. The number of nitrogens with zero attached hydrogens (tertiary/aromatic N) is 1. The summed E-state index contributed by atoms with van der Waals surface area (Å²) in [5, 5.41) is 0. The smallest absolute Gasteiger partial charge is 0.231 e. The summed E-state index contributed by atoms with van der Waals surface area (Å²) in [7, 11) is 1.80. The molecule has 0 spiro atoms. The molecule has 24 heavy (non-hydrogen) atoms. The van der Waals surface area contributed by atoms with Gasteiger partial charge in [-0.25, -0.2) is 0 Å². The highest BCUT2D eigenvalue weighted by atomic mass is 16.2. The first-order valence-electron chi connectivity index (χ1n) is 8.50. The molecule has 0 fully saturated rings. The van der Waals surface area contributed by atoms with Gasteiger partial charge in [0.05, 0.1) is 6.42 Å². The molecule has 0 radical (unpaired) electrons. The fourth-order valence-corrected chi connectivity index (χ4v) is 3.35. The van der Waals surface area contributed by atoms with Crippen molar-refractivity contribution in [1.82, 2.24) is 0 Å². The molecule has 3 heteroatoms. The predicted octanol–water partition coefficient (Wildman–Crippen LogP) is 4.27. The molecule has 1 amide bonds. The van der Waals surface area contributed by atoms with E-state index in [9.17, 15) is 9.59 Å². The van der Waals surface area contributed by atoms with Crippen molar-refractivity contribution in [3.63, 3.8) is 0 Å². The van der Waals surface area contributed by atoms with E-state index in [2.05, 4.69) is 13.0 Å². The molecule has 0 bridgehead atoms. The van der Waals surface area contributed by atoms with Crippen LogP contribution in [0.15, 0.2) is 36.4 Å². The summed E-state index contributed by atoms with van der Waals surface area (Å²) in [6.45, 7) is 5.95. The van der Waals surface area contributed by atoms with Gasteiger partial charge < -0.3 is 4.90 Å². The van der Waals surface area contributed by atoms with Crippen molar-refractivity contribution in [2.75, 3.05) is 11.9 Å². The van der Waals surface area contributed by atoms with E-state index in [4.69, 9.17) is 0 Å². The lowest BCUT2D eigenvalue weighted by atomic mass is 9.87. The topological polar surface area (TPSA) is 37.4 Å². The second-order valence-electron chi connectivity index (χ2n) is 6.69. The number of carbonyl (C=O) groups is 2. The van der Waals surface area contributed by atoms with E-state index in [0.717, 1.165) is 39.9 Å². The number of ketones is 1. The minimum Gasteiger partial charge on any atom is -0.315 e. The van der Waals surface area contributed by atoms with Gasteiger partial charge in [-0.15, -0.1) is 0 Å². The van der Waals surface area contributed by atoms with E-state index in [1.54, 1.807) is 11.9 Å². The van der Waals surface area contributed by atoms with Crippen LogP contribution >= 0.6 is 0 Å². The minimum absolute atomic E-state index is 0.0430. The average Bonchev–Trinajstić information content (AvgIpc) is 2.87. The number of likely N-dealkylation sites (N-methyl/N-ethyl adjacent to an activating group) is 1. The van der Waals surface area contributed by atoms with E-state index in [-0.39, 0.29) is 17.6 Å². The van der Waals surface area contributed by atoms with Crippen LogP contribution in [-0.4, -0.2) is 18.7 Å². The number of rotatable bonds is 4. The highest BCUT2D eigenvalue weighted by Crippen LogP contribution is 2.35. The average molecular weight is 321 g/mol. The first kappa shape index (κ1) is 16.4. The Bertz CT molecular complexity index is 821. The van der Waals surface area contributed by atoms with E-state index in [1.165, 1.54) is 0 Å². The van der Waals surface area contributed by atoms with Crippen LogP contribution in [0.25, 0.3) is 11.1 Å². The van der Waals surface area contributed by atoms with Crippen LogP contribution in [0.2, 0.25) is 0 Å². The van der Waals surface area contributed by atoms with Gasteiger partial charge in [0, 0.05) is 24.2 Å². The highest BCUT2D eigenvalue weighted by Gasteiger charge is 2.25. The van der Waals surface area contributed by atoms with Crippen molar-refractivity contribution in [2.24, 2.45) is 5.92 Å². The largest absolute Gasteiger partial charge is 0.315 e. The molecule has 3 nitrogen and oxygen atoms in total. The summed E-state index contributed by atoms with van der Waals surface area (Å²) in [6, 6.07) is 12.1. The quantitative estimate of drug-likeness (QED) is 0.789. The van der Waals surface area contributed by atoms with Crippen molar-refractivity contribution in [3.8, 4) is 11.1 Å². The van der Waals surface area contributed by atoms with Crippen LogP contribution < -0.4 is 4.90 Å². The normalized spacial score (nSPS) is 13.5. The van der Waals surface area contributed by atoms with Gasteiger partial charge in [0.15, 0.2) is 5.78 Å². The van der Waals surface area contributed by atoms with Crippen molar-refractivity contribution in [1.29, 1.82) is 0 Å². The molecule has 1 aliphatic rings. The molecular formula is C21H23NO2. The maximum Gasteiger partial charge on any atom is 0.231 e. The number of amides is 1. The summed E-state index contributed by atoms with van der Waals surface area (Å²) >= 11 is 0. The zero-order valence-corrected chi connectivity index (χ0v) is 14.7. The molecule has 2 aromatic carbocycles. The van der Waals surface area contributed by atoms with Crippen molar-refractivity contribution < 1.29 is 9.59 Å². The molecule has 0 saturated carbocycles. The SMILES string of the molecule is CCc1cccc(-c2ccc3c(c2)CC(=O)N3C)c1C(=O)C(C)C. The molecule has 2 aromatic rings. The lowest BCUT2D eigenvalue weighted by Gasteiger charge is -2.16. The second kappa shape index (κ2) is 6.23. The number of Topliss-reactive ketones (excluding diaryl/α,β-unsaturated/α-hetero) is 1. The van der Waals surface area contributed by atoms with Gasteiger partial charge in [-0.1, -0.05) is 45.0 Å². The summed E-state index contributed by atoms with van der Waals surface area (Å²) in [4.78, 5) is 26.4. The molecule has 0 aromatic heterocycles. The molecule has 1 aliphatic heterocycles. The third kappa shape index (κ3) is 2.64. The minimum atomic E-state index is -0.0430. The van der Waals surface area contributed by atoms with E-state index < -0.39 is 0 Å². The zero-order valence-electron chi connectivity index (χ0n) is 14.7. The lowest BCUT2D eigenvalue weighted by Crippen LogP contribution is -2.20. The Labute approximate surface area is 143 Å². The number of fused-ring (bicyclic) bond motifs is 1. The fraction of sp³-hybridized carbons (Fsp3) is 0.333. The van der Waals surface area contributed by atoms with Gasteiger partial charge >= 0.3 is 0 Å². The standard InChI is InChI=1S/C21H23NO2/c1-5-14-7-6-8-17(20(14)21(24)13(2)3)15-9-10-18-16(11-15)12-19(23)22(18)4/h6-11,13H,5,12H2,1-4H3. The molecule has 0 aliphatic carbocycles. The summed E-state index contributed by atoms with van der Waals surface area (Å²) in [5.41, 5.74) is 5.89. The fourth-order valence-electron chi connectivity index (χ4n) is 3.35. The first-order valence-corrected chi connectivity index (χ1v) is 8.50. The summed E-state index contributed by atoms with van der Waals surface area (Å²) in [5.74, 6) is 0.248. The molecule has 0 unspecified atom stereocenters. The van der Waals surface area contributed by atoms with Crippen LogP contribution in [-0.2, 0) is 17.6 Å². The van der Waals surface area contributed by atoms with E-state index in [0.29, 0.717) is 6.42 Å². The number of aryl methyl sites for hydroxylation is 1. The molecule has 1 heterocycles. The maximum absolute atomic E-state index is 12.8. The number of carbonyl (C=O) groups excluding carboxylic acids is 2. The van der Waals surface area contributed by atoms with Gasteiger partial charge in [0.2, 0.25) is 5.91 Å². The van der Waals surface area contributed by atoms with Gasteiger partial charge in [-0.3, -0.25) is 9.59 Å². The Hall–Kier alpha value is -2.42. The second-order valence-corrected chi connectivity index (χ2v) is 6.69. The van der Waals surface area contributed by atoms with Crippen molar-refractivity contribution in [2.45, 2.75) is 33.6 Å². The molecule has 0 atom stereocenters.